The highest BCUT2D eigenvalue weighted by atomic mass is 19.1. The average Bonchev–Trinajstić information content (AvgIpc) is 2.55. The largest absolute Gasteiger partial charge is 0.481 e. The van der Waals surface area contributed by atoms with Gasteiger partial charge in [-0.15, -0.1) is 0 Å². The molecule has 4 heteroatoms. The lowest BCUT2D eigenvalue weighted by Gasteiger charge is -2.20. The van der Waals surface area contributed by atoms with Crippen LogP contribution in [0.2, 0.25) is 0 Å². The molecule has 3 nitrogen and oxygen atoms in total. The summed E-state index contributed by atoms with van der Waals surface area (Å²) >= 11 is 0. The molecule has 0 aliphatic heterocycles. The molecule has 0 fully saturated rings. The van der Waals surface area contributed by atoms with Gasteiger partial charge in [0.1, 0.15) is 0 Å². The van der Waals surface area contributed by atoms with Crippen LogP contribution in [-0.2, 0) is 22.4 Å². The van der Waals surface area contributed by atoms with Crippen molar-refractivity contribution in [2.45, 2.75) is 19.3 Å². The molecule has 0 radical (unpaired) electrons. The first-order chi connectivity index (χ1) is 7.53. The number of aliphatic carboxylic acids is 1. The minimum Gasteiger partial charge on any atom is -0.481 e. The topological polar surface area (TPSA) is 54.4 Å². The maximum atomic E-state index is 13.1. The third kappa shape index (κ3) is 1.71. The zero-order valence-electron chi connectivity index (χ0n) is 8.57. The number of carboxylic acid groups (broad SMARTS) is 1. The van der Waals surface area contributed by atoms with Crippen LogP contribution in [0.25, 0.3) is 0 Å². The van der Waals surface area contributed by atoms with Crippen molar-refractivity contribution in [3.63, 3.8) is 0 Å². The molecule has 84 valence electrons. The van der Waals surface area contributed by atoms with Crippen molar-refractivity contribution in [3.05, 3.63) is 35.4 Å². The number of hydrogen-bond acceptors (Lipinski definition) is 2. The van der Waals surface area contributed by atoms with Gasteiger partial charge in [0.25, 0.3) is 0 Å². The maximum absolute atomic E-state index is 13.1. The molecule has 0 saturated carbocycles. The number of carbonyl (C=O) groups excluding carboxylic acids is 1. The van der Waals surface area contributed by atoms with Gasteiger partial charge in [-0.25, -0.2) is 0 Å². The molecule has 0 unspecified atom stereocenters. The number of carboxylic acids is 1. The van der Waals surface area contributed by atoms with Gasteiger partial charge in [0.2, 0.25) is 0 Å². The lowest BCUT2D eigenvalue weighted by atomic mass is 9.82. The number of fused-ring (bicyclic) bond motifs is 1. The fourth-order valence-electron chi connectivity index (χ4n) is 2.32. The van der Waals surface area contributed by atoms with E-state index in [9.17, 15) is 14.0 Å². The van der Waals surface area contributed by atoms with Crippen molar-refractivity contribution >= 4 is 12.0 Å². The van der Waals surface area contributed by atoms with Gasteiger partial charge >= 0.3 is 12.0 Å². The third-order valence-electron chi connectivity index (χ3n) is 3.08. The molecule has 1 aromatic rings. The van der Waals surface area contributed by atoms with Gasteiger partial charge in [-0.05, 0) is 24.0 Å². The van der Waals surface area contributed by atoms with Crippen molar-refractivity contribution in [2.75, 3.05) is 0 Å². The summed E-state index contributed by atoms with van der Waals surface area (Å²) in [4.78, 5) is 21.7. The highest BCUT2D eigenvalue weighted by molar-refractivity contribution is 5.83. The van der Waals surface area contributed by atoms with Crippen LogP contribution in [0.1, 0.15) is 17.5 Å². The number of benzene rings is 1. The first-order valence-corrected chi connectivity index (χ1v) is 5.02. The molecule has 0 amide bonds. The molecule has 1 aromatic carbocycles. The molecule has 1 N–H and O–H groups in total. The van der Waals surface area contributed by atoms with E-state index in [0.29, 0.717) is 0 Å². The second-order valence-corrected chi connectivity index (χ2v) is 4.25. The van der Waals surface area contributed by atoms with Gasteiger partial charge < -0.3 is 5.11 Å². The van der Waals surface area contributed by atoms with Crippen LogP contribution in [0.3, 0.4) is 0 Å². The van der Waals surface area contributed by atoms with Crippen molar-refractivity contribution in [1.82, 2.24) is 0 Å². The number of carbonyl (C=O) groups is 2. The van der Waals surface area contributed by atoms with Crippen LogP contribution in [0.15, 0.2) is 24.3 Å². The van der Waals surface area contributed by atoms with E-state index in [-0.39, 0.29) is 12.8 Å². The normalized spacial score (nSPS) is 16.8. The Hall–Kier alpha value is -1.71. The molecular formula is C12H11FO3. The molecule has 0 saturated heterocycles. The second kappa shape index (κ2) is 3.70. The van der Waals surface area contributed by atoms with Gasteiger partial charge in [0.05, 0.1) is 11.8 Å². The summed E-state index contributed by atoms with van der Waals surface area (Å²) in [6.07, 6.45) is -0.0768. The summed E-state index contributed by atoms with van der Waals surface area (Å²) < 4.78 is 13.1. The van der Waals surface area contributed by atoms with Crippen molar-refractivity contribution in [1.29, 1.82) is 0 Å². The lowest BCUT2D eigenvalue weighted by Crippen LogP contribution is -2.32. The Labute approximate surface area is 91.9 Å². The van der Waals surface area contributed by atoms with Crippen LogP contribution in [0.5, 0.6) is 0 Å². The summed E-state index contributed by atoms with van der Waals surface area (Å²) in [5.74, 6) is -1.14. The molecule has 0 bridgehead atoms. The number of rotatable bonds is 3. The van der Waals surface area contributed by atoms with Crippen LogP contribution >= 0.6 is 0 Å². The zero-order chi connectivity index (χ0) is 11.8. The quantitative estimate of drug-likeness (QED) is 0.792. The molecule has 0 spiro atoms. The highest BCUT2D eigenvalue weighted by Gasteiger charge is 2.45. The Kier molecular flexibility index (Phi) is 2.50. The zero-order valence-corrected chi connectivity index (χ0v) is 8.57. The minimum atomic E-state index is -1.52. The van der Waals surface area contributed by atoms with Gasteiger partial charge in [-0.1, -0.05) is 24.3 Å². The maximum Gasteiger partial charge on any atom is 0.308 e. The Morgan fingerprint density at radius 2 is 1.75 bits per heavy atom. The molecule has 0 aromatic heterocycles. The molecule has 0 atom stereocenters. The smallest absolute Gasteiger partial charge is 0.308 e. The van der Waals surface area contributed by atoms with Crippen LogP contribution in [-0.4, -0.2) is 17.1 Å². The summed E-state index contributed by atoms with van der Waals surface area (Å²) in [7, 11) is 0. The first kappa shape index (κ1) is 10.8. The molecule has 2 rings (SSSR count). The molecule has 1 aliphatic rings. The van der Waals surface area contributed by atoms with E-state index < -0.39 is 23.8 Å². The Morgan fingerprint density at radius 1 is 1.25 bits per heavy atom. The van der Waals surface area contributed by atoms with Crippen molar-refractivity contribution in [3.8, 4) is 0 Å². The standard InChI is InChI=1S/C12H11FO3/c13-11(16)12(7-10(14)15)5-8-3-1-2-4-9(8)6-12/h1-4H,5-7H2,(H,14,15). The predicted molar refractivity (Wildman–Crippen MR) is 54.7 cm³/mol. The van der Waals surface area contributed by atoms with Gasteiger partial charge in [0.15, 0.2) is 0 Å². The van der Waals surface area contributed by atoms with Gasteiger partial charge in [-0.3, -0.25) is 9.59 Å². The minimum absolute atomic E-state index is 0.185. The number of halogens is 1. The predicted octanol–water partition coefficient (Wildman–Crippen LogP) is 1.74. The highest BCUT2D eigenvalue weighted by Crippen LogP contribution is 2.40. The second-order valence-electron chi connectivity index (χ2n) is 4.25. The van der Waals surface area contributed by atoms with Gasteiger partial charge in [0, 0.05) is 0 Å². The first-order valence-electron chi connectivity index (χ1n) is 5.02. The van der Waals surface area contributed by atoms with E-state index in [4.69, 9.17) is 5.11 Å². The van der Waals surface area contributed by atoms with Crippen molar-refractivity contribution in [2.24, 2.45) is 5.41 Å². The van der Waals surface area contributed by atoms with Gasteiger partial charge in [-0.2, -0.15) is 4.39 Å². The summed E-state index contributed by atoms with van der Waals surface area (Å²) in [6.45, 7) is 0. The van der Waals surface area contributed by atoms with E-state index in [1.165, 1.54) is 0 Å². The molecule has 1 aliphatic carbocycles. The summed E-state index contributed by atoms with van der Waals surface area (Å²) in [5.41, 5.74) is 0.361. The fraction of sp³-hybridized carbons (Fsp3) is 0.333. The van der Waals surface area contributed by atoms with E-state index in [0.717, 1.165) is 11.1 Å². The summed E-state index contributed by atoms with van der Waals surface area (Å²) in [6, 6.07) is 5.70. The van der Waals surface area contributed by atoms with E-state index in [1.807, 2.05) is 12.1 Å². The Bertz CT molecular complexity index is 428. The average molecular weight is 222 g/mol. The van der Waals surface area contributed by atoms with E-state index in [2.05, 4.69) is 0 Å². The van der Waals surface area contributed by atoms with E-state index in [1.54, 1.807) is 12.1 Å². The Balaban J connectivity index is 2.34. The molecular weight excluding hydrogens is 211 g/mol. The molecule has 0 heterocycles. The van der Waals surface area contributed by atoms with Crippen LogP contribution < -0.4 is 0 Å². The lowest BCUT2D eigenvalue weighted by molar-refractivity contribution is -0.149. The monoisotopic (exact) mass is 222 g/mol. The SMILES string of the molecule is O=C(O)CC1(C(=O)F)Cc2ccccc2C1. The fourth-order valence-corrected chi connectivity index (χ4v) is 2.32. The number of hydrogen-bond donors (Lipinski definition) is 1. The van der Waals surface area contributed by atoms with Crippen molar-refractivity contribution < 1.29 is 19.1 Å². The third-order valence-corrected chi connectivity index (χ3v) is 3.08. The Morgan fingerprint density at radius 3 is 2.12 bits per heavy atom. The van der Waals surface area contributed by atoms with Crippen LogP contribution in [0, 0.1) is 5.41 Å². The summed E-state index contributed by atoms with van der Waals surface area (Å²) in [5, 5.41) is 8.75. The van der Waals surface area contributed by atoms with E-state index >= 15 is 0 Å². The molecule has 16 heavy (non-hydrogen) atoms. The van der Waals surface area contributed by atoms with Crippen LogP contribution in [0.4, 0.5) is 4.39 Å².